The van der Waals surface area contributed by atoms with E-state index in [0.29, 0.717) is 19.3 Å². The van der Waals surface area contributed by atoms with Crippen molar-refractivity contribution in [2.75, 3.05) is 13.2 Å². The molecule has 0 rings (SSSR count). The van der Waals surface area contributed by atoms with Crippen molar-refractivity contribution in [3.8, 4) is 0 Å². The summed E-state index contributed by atoms with van der Waals surface area (Å²) in [6, 6.07) is 0. The summed E-state index contributed by atoms with van der Waals surface area (Å²) in [5.41, 5.74) is 0. The van der Waals surface area contributed by atoms with Crippen LogP contribution in [0.4, 0.5) is 0 Å². The highest BCUT2D eigenvalue weighted by atomic mass is 16.6. The second-order valence-corrected chi connectivity index (χ2v) is 16.8. The fourth-order valence-electron chi connectivity index (χ4n) is 6.56. The van der Waals surface area contributed by atoms with Gasteiger partial charge in [-0.1, -0.05) is 231 Å². The van der Waals surface area contributed by atoms with E-state index in [1.807, 2.05) is 54.7 Å². The molecule has 0 heterocycles. The van der Waals surface area contributed by atoms with Gasteiger partial charge in [0.25, 0.3) is 0 Å². The van der Waals surface area contributed by atoms with Crippen molar-refractivity contribution in [1.82, 2.24) is 0 Å². The van der Waals surface area contributed by atoms with Gasteiger partial charge in [0, 0.05) is 19.3 Å². The van der Waals surface area contributed by atoms with Crippen molar-refractivity contribution in [1.29, 1.82) is 0 Å². The molecule has 0 aliphatic carbocycles. The van der Waals surface area contributed by atoms with Gasteiger partial charge in [0.2, 0.25) is 0 Å². The number of hydrogen-bond acceptors (Lipinski definition) is 6. The van der Waals surface area contributed by atoms with Gasteiger partial charge in [-0.25, -0.2) is 0 Å². The lowest BCUT2D eigenvalue weighted by Crippen LogP contribution is -2.30. The molecule has 0 N–H and O–H groups in total. The third-order valence-electron chi connectivity index (χ3n) is 10.5. The minimum Gasteiger partial charge on any atom is -0.462 e. The molecule has 6 heteroatoms. The normalized spacial score (nSPS) is 13.3. The van der Waals surface area contributed by atoms with Crippen LogP contribution < -0.4 is 0 Å². The number of rotatable bonds is 45. The Bertz CT molecular complexity index is 1530. The SMILES string of the molecule is CC\C=C/C=C\C=C/C=C\C=C/CCCC(=O)OCC(COC(=O)CCCCCCCCCCCC/C=C\C=C/CCCCC)OC(=O)CCC/C=C\C/C=C\C/C=C\C/C=C\C/C=C\CC. The van der Waals surface area contributed by atoms with Crippen LogP contribution in [0.3, 0.4) is 0 Å². The smallest absolute Gasteiger partial charge is 0.306 e. The predicted octanol–water partition coefficient (Wildman–Crippen LogP) is 17.6. The molecule has 0 aromatic rings. The van der Waals surface area contributed by atoms with Crippen LogP contribution in [0.1, 0.15) is 201 Å². The Kier molecular flexibility index (Phi) is 50.1. The molecule has 0 saturated heterocycles. The van der Waals surface area contributed by atoms with Crippen molar-refractivity contribution in [2.45, 2.75) is 207 Å². The lowest BCUT2D eigenvalue weighted by Gasteiger charge is -2.18. The first-order valence-corrected chi connectivity index (χ1v) is 26.4. The zero-order valence-corrected chi connectivity index (χ0v) is 42.6. The highest BCUT2D eigenvalue weighted by molar-refractivity contribution is 5.71. The van der Waals surface area contributed by atoms with Crippen molar-refractivity contribution in [3.63, 3.8) is 0 Å². The molecule has 1 atom stereocenters. The number of allylic oxidation sites excluding steroid dienone is 24. The second-order valence-electron chi connectivity index (χ2n) is 16.8. The second kappa shape index (κ2) is 53.9. The molecule has 0 saturated carbocycles. The van der Waals surface area contributed by atoms with Gasteiger partial charge in [-0.2, -0.15) is 0 Å². The summed E-state index contributed by atoms with van der Waals surface area (Å²) in [6.07, 6.45) is 77.0. The first-order valence-electron chi connectivity index (χ1n) is 26.4. The molecule has 0 bridgehead atoms. The van der Waals surface area contributed by atoms with Crippen molar-refractivity contribution in [2.24, 2.45) is 0 Å². The van der Waals surface area contributed by atoms with Crippen LogP contribution in [-0.4, -0.2) is 37.2 Å². The fourth-order valence-corrected chi connectivity index (χ4v) is 6.56. The van der Waals surface area contributed by atoms with E-state index in [0.717, 1.165) is 70.6 Å². The topological polar surface area (TPSA) is 78.9 Å². The summed E-state index contributed by atoms with van der Waals surface area (Å²) >= 11 is 0. The molecule has 1 unspecified atom stereocenters. The summed E-state index contributed by atoms with van der Waals surface area (Å²) in [6.45, 7) is 6.22. The van der Waals surface area contributed by atoms with E-state index < -0.39 is 12.1 Å². The van der Waals surface area contributed by atoms with E-state index >= 15 is 0 Å². The van der Waals surface area contributed by atoms with Gasteiger partial charge in [0.1, 0.15) is 13.2 Å². The van der Waals surface area contributed by atoms with Gasteiger partial charge in [-0.15, -0.1) is 0 Å². The standard InChI is InChI=1S/C61H94O6/c1-4-7-10-13-16-19-22-25-27-29-30-32-33-36-39-42-45-48-51-54-60(63)66-57-58(56-65-59(62)53-50-47-44-41-38-35-24-21-18-15-12-9-6-3)67-61(64)55-52-49-46-43-40-37-34-31-28-26-23-20-17-14-11-8-5-2/h8-9,11-12,15-22,24-26,28,34-35,37-38,41,43-44,46,58H,4-7,10,13-14,23,27,29-33,36,39-40,42,45,47-57H2,1-3H3/b11-8-,12-9-,18-15-,19-16-,20-17-,24-21-,25-22-,28-26-,37-34-,38-35-,44-41-,46-43-. The number of unbranched alkanes of at least 4 members (excludes halogenated alkanes) is 15. The van der Waals surface area contributed by atoms with Crippen LogP contribution in [-0.2, 0) is 28.6 Å². The lowest BCUT2D eigenvalue weighted by molar-refractivity contribution is -0.167. The zero-order valence-electron chi connectivity index (χ0n) is 42.6. The first-order chi connectivity index (χ1) is 33.0. The van der Waals surface area contributed by atoms with E-state index in [9.17, 15) is 14.4 Å². The van der Waals surface area contributed by atoms with Gasteiger partial charge in [0.15, 0.2) is 6.10 Å². The van der Waals surface area contributed by atoms with Crippen molar-refractivity contribution in [3.05, 3.63) is 146 Å². The molecule has 0 fully saturated rings. The molecular formula is C61H94O6. The van der Waals surface area contributed by atoms with Crippen LogP contribution in [0.5, 0.6) is 0 Å². The molecule has 0 aromatic heterocycles. The maximum absolute atomic E-state index is 12.8. The summed E-state index contributed by atoms with van der Waals surface area (Å²) < 4.78 is 16.7. The Hall–Kier alpha value is -4.71. The first kappa shape index (κ1) is 62.3. The zero-order chi connectivity index (χ0) is 48.6. The fraction of sp³-hybridized carbons (Fsp3) is 0.557. The molecule has 0 radical (unpaired) electrons. The van der Waals surface area contributed by atoms with E-state index in [-0.39, 0.29) is 38.0 Å². The summed E-state index contributed by atoms with van der Waals surface area (Å²) in [4.78, 5) is 38.0. The lowest BCUT2D eigenvalue weighted by atomic mass is 10.1. The van der Waals surface area contributed by atoms with Crippen molar-refractivity contribution < 1.29 is 28.6 Å². The number of esters is 3. The monoisotopic (exact) mass is 923 g/mol. The van der Waals surface area contributed by atoms with E-state index in [4.69, 9.17) is 14.2 Å². The van der Waals surface area contributed by atoms with Crippen LogP contribution in [0.25, 0.3) is 0 Å². The largest absolute Gasteiger partial charge is 0.462 e. The third-order valence-corrected chi connectivity index (χ3v) is 10.5. The van der Waals surface area contributed by atoms with E-state index in [2.05, 4.69) is 112 Å². The highest BCUT2D eigenvalue weighted by Gasteiger charge is 2.19. The molecule has 0 amide bonds. The van der Waals surface area contributed by atoms with Gasteiger partial charge >= 0.3 is 17.9 Å². The van der Waals surface area contributed by atoms with Crippen LogP contribution in [0.15, 0.2) is 146 Å². The quantitative estimate of drug-likeness (QED) is 0.0199. The van der Waals surface area contributed by atoms with Crippen LogP contribution in [0.2, 0.25) is 0 Å². The van der Waals surface area contributed by atoms with E-state index in [1.165, 1.54) is 77.0 Å². The molecule has 6 nitrogen and oxygen atoms in total. The maximum atomic E-state index is 12.8. The van der Waals surface area contributed by atoms with Gasteiger partial charge in [-0.05, 0) is 96.3 Å². The van der Waals surface area contributed by atoms with Gasteiger partial charge in [-0.3, -0.25) is 14.4 Å². The average molecular weight is 923 g/mol. The molecule has 374 valence electrons. The third kappa shape index (κ3) is 52.1. The number of carbonyl (C=O) groups excluding carboxylic acids is 3. The number of carbonyl (C=O) groups is 3. The maximum Gasteiger partial charge on any atom is 0.306 e. The Morgan fingerprint density at radius 1 is 0.328 bits per heavy atom. The van der Waals surface area contributed by atoms with Gasteiger partial charge < -0.3 is 14.2 Å². The predicted molar refractivity (Wildman–Crippen MR) is 288 cm³/mol. The Morgan fingerprint density at radius 2 is 0.672 bits per heavy atom. The summed E-state index contributed by atoms with van der Waals surface area (Å²) in [5, 5.41) is 0. The van der Waals surface area contributed by atoms with Crippen molar-refractivity contribution >= 4 is 17.9 Å². The summed E-state index contributed by atoms with van der Waals surface area (Å²) in [7, 11) is 0. The molecule has 0 spiro atoms. The van der Waals surface area contributed by atoms with Crippen LogP contribution in [0, 0.1) is 0 Å². The highest BCUT2D eigenvalue weighted by Crippen LogP contribution is 2.13. The average Bonchev–Trinajstić information content (AvgIpc) is 3.33. The number of hydrogen-bond donors (Lipinski definition) is 0. The molecular weight excluding hydrogens is 829 g/mol. The molecule has 67 heavy (non-hydrogen) atoms. The molecule has 0 aromatic carbocycles. The Morgan fingerprint density at radius 3 is 1.16 bits per heavy atom. The molecule has 0 aliphatic rings. The van der Waals surface area contributed by atoms with E-state index in [1.54, 1.807) is 0 Å². The van der Waals surface area contributed by atoms with Crippen LogP contribution >= 0.6 is 0 Å². The Balaban J connectivity index is 4.57. The Labute approximate surface area is 410 Å². The minimum atomic E-state index is -0.844. The molecule has 0 aliphatic heterocycles. The minimum absolute atomic E-state index is 0.131. The summed E-state index contributed by atoms with van der Waals surface area (Å²) in [5.74, 6) is -1.08. The number of ether oxygens (including phenoxy) is 3. The van der Waals surface area contributed by atoms with Gasteiger partial charge in [0.05, 0.1) is 0 Å².